The smallest absolute Gasteiger partial charge is 0.323 e. The van der Waals surface area contributed by atoms with Crippen LogP contribution in [0, 0.1) is 5.92 Å². The fourth-order valence-electron chi connectivity index (χ4n) is 3.65. The van der Waals surface area contributed by atoms with Gasteiger partial charge >= 0.3 is 5.97 Å². The normalized spacial score (nSPS) is 17.9. The van der Waals surface area contributed by atoms with Gasteiger partial charge in [-0.15, -0.1) is 0 Å². The Bertz CT molecular complexity index is 808. The maximum Gasteiger partial charge on any atom is 0.323 e. The SMILES string of the molecule is CC(=O)[C@H](O)[C@@H](O)C/C(C)=C\CC[C@H](C)/C=C/C=C(\C)CCCC1=CC(=O)N(CC(=O)O)C1. The quantitative estimate of drug-likeness (QED) is 0.254. The van der Waals surface area contributed by atoms with E-state index >= 15 is 0 Å². The fourth-order valence-corrected chi connectivity index (χ4v) is 3.65. The van der Waals surface area contributed by atoms with Crippen LogP contribution in [0.15, 0.2) is 47.1 Å². The van der Waals surface area contributed by atoms with Gasteiger partial charge in [-0.1, -0.05) is 42.4 Å². The van der Waals surface area contributed by atoms with E-state index in [-0.39, 0.29) is 18.9 Å². The third-order valence-electron chi connectivity index (χ3n) is 5.68. The number of carboxylic acid groups (broad SMARTS) is 1. The molecule has 1 heterocycles. The second-order valence-electron chi connectivity index (χ2n) is 9.07. The van der Waals surface area contributed by atoms with Crippen LogP contribution >= 0.6 is 0 Å². The van der Waals surface area contributed by atoms with Gasteiger partial charge in [0.05, 0.1) is 6.10 Å². The number of nitrogens with zero attached hydrogens (tertiary/aromatic N) is 1. The zero-order valence-corrected chi connectivity index (χ0v) is 20.3. The first-order valence-corrected chi connectivity index (χ1v) is 11.6. The highest BCUT2D eigenvalue weighted by Crippen LogP contribution is 2.19. The lowest BCUT2D eigenvalue weighted by Gasteiger charge is -2.15. The van der Waals surface area contributed by atoms with Crippen LogP contribution in [-0.4, -0.2) is 63.2 Å². The molecule has 0 saturated heterocycles. The lowest BCUT2D eigenvalue weighted by molar-refractivity contribution is -0.142. The Balaban J connectivity index is 2.30. The van der Waals surface area contributed by atoms with Gasteiger partial charge in [0.1, 0.15) is 12.6 Å². The molecule has 7 heteroatoms. The minimum Gasteiger partial charge on any atom is -0.480 e. The number of hydrogen-bond donors (Lipinski definition) is 3. The Morgan fingerprint density at radius 2 is 1.88 bits per heavy atom. The molecule has 33 heavy (non-hydrogen) atoms. The Labute approximate surface area is 197 Å². The standard InChI is InChI=1S/C26H39NO6/c1-18(10-6-12-20(3)14-23(29)26(33)21(4)28)8-5-9-19(2)11-7-13-22-15-24(30)27(16-22)17-25(31)32/h5,8-9,12,15,18,23,26,29,33H,6-7,10-11,13-14,16-17H2,1-4H3,(H,31,32)/b8-5+,19-9+,20-12-/t18-,23+,26+/m1/s1. The monoisotopic (exact) mass is 461 g/mol. The molecule has 0 radical (unpaired) electrons. The van der Waals surface area contributed by atoms with Crippen molar-refractivity contribution >= 4 is 17.7 Å². The molecule has 0 fully saturated rings. The van der Waals surface area contributed by atoms with E-state index in [0.717, 1.165) is 43.3 Å². The summed E-state index contributed by atoms with van der Waals surface area (Å²) in [4.78, 5) is 35.0. The molecule has 1 rings (SSSR count). The predicted octanol–water partition coefficient (Wildman–Crippen LogP) is 3.58. The highest BCUT2D eigenvalue weighted by atomic mass is 16.4. The summed E-state index contributed by atoms with van der Waals surface area (Å²) in [6, 6.07) is 0. The van der Waals surface area contributed by atoms with Crippen molar-refractivity contribution in [3.05, 3.63) is 47.1 Å². The number of aliphatic hydroxyl groups is 2. The van der Waals surface area contributed by atoms with Crippen molar-refractivity contribution in [3.8, 4) is 0 Å². The van der Waals surface area contributed by atoms with Gasteiger partial charge in [0, 0.05) is 12.6 Å². The van der Waals surface area contributed by atoms with Gasteiger partial charge in [0.15, 0.2) is 5.78 Å². The van der Waals surface area contributed by atoms with Crippen molar-refractivity contribution in [3.63, 3.8) is 0 Å². The molecular formula is C26H39NO6. The third kappa shape index (κ3) is 11.8. The summed E-state index contributed by atoms with van der Waals surface area (Å²) in [6.07, 6.45) is 12.3. The van der Waals surface area contributed by atoms with Gasteiger partial charge in [0.25, 0.3) is 0 Å². The lowest BCUT2D eigenvalue weighted by atomic mass is 9.99. The summed E-state index contributed by atoms with van der Waals surface area (Å²) < 4.78 is 0. The van der Waals surface area contributed by atoms with Crippen LogP contribution in [0.25, 0.3) is 0 Å². The van der Waals surface area contributed by atoms with Crippen molar-refractivity contribution in [2.75, 3.05) is 13.1 Å². The molecule has 3 atom stereocenters. The Kier molecular flexibility index (Phi) is 12.6. The molecule has 0 aromatic carbocycles. The molecule has 0 spiro atoms. The number of ketones is 1. The van der Waals surface area contributed by atoms with E-state index < -0.39 is 24.0 Å². The summed E-state index contributed by atoms with van der Waals surface area (Å²) in [6.45, 7) is 7.54. The number of allylic oxidation sites excluding steroid dienone is 5. The first kappa shape index (κ1) is 28.5. The fraction of sp³-hybridized carbons (Fsp3) is 0.577. The number of carbonyl (C=O) groups excluding carboxylic acids is 2. The van der Waals surface area contributed by atoms with Crippen LogP contribution in [0.5, 0.6) is 0 Å². The Morgan fingerprint density at radius 1 is 1.18 bits per heavy atom. The number of aliphatic carboxylic acids is 1. The van der Waals surface area contributed by atoms with E-state index in [1.807, 2.05) is 13.0 Å². The Hall–Kier alpha value is -2.51. The molecule has 1 aliphatic rings. The molecule has 0 unspecified atom stereocenters. The molecule has 0 bridgehead atoms. The number of carboxylic acids is 1. The van der Waals surface area contributed by atoms with Gasteiger partial charge in [-0.25, -0.2) is 0 Å². The number of amides is 1. The maximum absolute atomic E-state index is 11.8. The maximum atomic E-state index is 11.8. The summed E-state index contributed by atoms with van der Waals surface area (Å²) in [5, 5.41) is 28.2. The number of rotatable bonds is 15. The van der Waals surface area contributed by atoms with E-state index in [1.54, 1.807) is 6.08 Å². The average Bonchev–Trinajstić information content (AvgIpc) is 3.05. The summed E-state index contributed by atoms with van der Waals surface area (Å²) in [5.74, 6) is -1.25. The minimum atomic E-state index is -1.32. The van der Waals surface area contributed by atoms with Crippen molar-refractivity contribution in [2.45, 2.75) is 78.4 Å². The van der Waals surface area contributed by atoms with Gasteiger partial charge in [-0.3, -0.25) is 14.4 Å². The minimum absolute atomic E-state index is 0.216. The van der Waals surface area contributed by atoms with E-state index in [2.05, 4.69) is 32.1 Å². The molecule has 0 aliphatic carbocycles. The van der Waals surface area contributed by atoms with E-state index in [1.165, 1.54) is 17.4 Å². The van der Waals surface area contributed by atoms with Crippen molar-refractivity contribution < 1.29 is 29.7 Å². The van der Waals surface area contributed by atoms with Crippen LogP contribution < -0.4 is 0 Å². The molecule has 0 saturated carbocycles. The number of hydrogen-bond acceptors (Lipinski definition) is 5. The van der Waals surface area contributed by atoms with Crippen LogP contribution in [0.2, 0.25) is 0 Å². The van der Waals surface area contributed by atoms with E-state index in [9.17, 15) is 24.6 Å². The molecule has 184 valence electrons. The van der Waals surface area contributed by atoms with Gasteiger partial charge < -0.3 is 20.2 Å². The van der Waals surface area contributed by atoms with E-state index in [4.69, 9.17) is 5.11 Å². The highest BCUT2D eigenvalue weighted by molar-refractivity contribution is 5.93. The zero-order chi connectivity index (χ0) is 25.0. The zero-order valence-electron chi connectivity index (χ0n) is 20.3. The van der Waals surface area contributed by atoms with Crippen molar-refractivity contribution in [2.24, 2.45) is 5.92 Å². The van der Waals surface area contributed by atoms with Crippen LogP contribution in [0.3, 0.4) is 0 Å². The summed E-state index contributed by atoms with van der Waals surface area (Å²) >= 11 is 0. The first-order valence-electron chi connectivity index (χ1n) is 11.6. The third-order valence-corrected chi connectivity index (χ3v) is 5.68. The van der Waals surface area contributed by atoms with Gasteiger partial charge in [0.2, 0.25) is 5.91 Å². The predicted molar refractivity (Wildman–Crippen MR) is 129 cm³/mol. The van der Waals surface area contributed by atoms with E-state index in [0.29, 0.717) is 12.5 Å². The molecular weight excluding hydrogens is 422 g/mol. The largest absolute Gasteiger partial charge is 0.480 e. The van der Waals surface area contributed by atoms with Crippen molar-refractivity contribution in [1.82, 2.24) is 4.90 Å². The Morgan fingerprint density at radius 3 is 2.52 bits per heavy atom. The molecule has 7 nitrogen and oxygen atoms in total. The van der Waals surface area contributed by atoms with Crippen molar-refractivity contribution in [1.29, 1.82) is 0 Å². The van der Waals surface area contributed by atoms with Crippen LogP contribution in [-0.2, 0) is 14.4 Å². The number of Topliss-reactive ketones (excluding diaryl/α,β-unsaturated/α-hetero) is 1. The van der Waals surface area contributed by atoms with Crippen LogP contribution in [0.1, 0.15) is 66.2 Å². The summed E-state index contributed by atoms with van der Waals surface area (Å²) in [7, 11) is 0. The second kappa shape index (κ2) is 14.6. The van der Waals surface area contributed by atoms with Gasteiger partial charge in [-0.05, 0) is 70.8 Å². The lowest BCUT2D eigenvalue weighted by Crippen LogP contribution is -2.32. The topological polar surface area (TPSA) is 115 Å². The number of carbonyl (C=O) groups is 3. The molecule has 1 aliphatic heterocycles. The number of aliphatic hydroxyl groups excluding tert-OH is 2. The highest BCUT2D eigenvalue weighted by Gasteiger charge is 2.23. The second-order valence-corrected chi connectivity index (χ2v) is 9.07. The molecule has 1 amide bonds. The van der Waals surface area contributed by atoms with Crippen LogP contribution in [0.4, 0.5) is 0 Å². The first-order chi connectivity index (χ1) is 15.5. The molecule has 0 aromatic heterocycles. The van der Waals surface area contributed by atoms with Gasteiger partial charge in [-0.2, -0.15) is 0 Å². The average molecular weight is 462 g/mol. The summed E-state index contributed by atoms with van der Waals surface area (Å²) in [5.41, 5.74) is 3.20. The molecule has 0 aromatic rings. The molecule has 3 N–H and O–H groups in total.